The number of nitrogens with two attached hydrogens (primary N) is 1. The first-order chi connectivity index (χ1) is 16.3. The molecule has 172 valence electrons. The van der Waals surface area contributed by atoms with Crippen LogP contribution in [0.4, 0.5) is 0 Å². The third-order valence-corrected chi connectivity index (χ3v) is 7.55. The van der Waals surface area contributed by atoms with Crippen molar-refractivity contribution in [2.75, 3.05) is 6.54 Å². The third kappa shape index (κ3) is 3.68. The molecule has 0 bridgehead atoms. The lowest BCUT2D eigenvalue weighted by Gasteiger charge is -2.19. The predicted octanol–water partition coefficient (Wildman–Crippen LogP) is 2.75. The zero-order chi connectivity index (χ0) is 24.0. The second kappa shape index (κ2) is 8.19. The monoisotopic (exact) mass is 474 g/mol. The lowest BCUT2D eigenvalue weighted by molar-refractivity contribution is 0.0644. The fourth-order valence-electron chi connectivity index (χ4n) is 4.19. The highest BCUT2D eigenvalue weighted by atomic mass is 32.2. The minimum atomic E-state index is -3.83. The Hall–Kier alpha value is -3.82. The van der Waals surface area contributed by atoms with Gasteiger partial charge in [-0.3, -0.25) is 14.5 Å². The normalized spacial score (nSPS) is 14.6. The summed E-state index contributed by atoms with van der Waals surface area (Å²) in [6, 6.07) is 18.1. The maximum atomic E-state index is 13.0. The Morgan fingerprint density at radius 2 is 1.59 bits per heavy atom. The standard InChI is InChI=1S/C25H22N4O4S/c1-16-6-9-20(10-7-16)34(32,33)29-23-11-8-17(12-18(23)14-27-29)13-19(26)15-28-24(30)21-4-2-3-5-22(21)25(28)31/h2-12,14,19H,13,15,26H2,1H3/t19-/m0/s1. The molecule has 0 saturated heterocycles. The van der Waals surface area contributed by atoms with Gasteiger partial charge in [-0.15, -0.1) is 0 Å². The van der Waals surface area contributed by atoms with Gasteiger partial charge in [0.2, 0.25) is 0 Å². The number of hydrogen-bond donors (Lipinski definition) is 1. The topological polar surface area (TPSA) is 115 Å². The number of aromatic nitrogens is 2. The van der Waals surface area contributed by atoms with Crippen molar-refractivity contribution in [3.8, 4) is 0 Å². The van der Waals surface area contributed by atoms with Crippen molar-refractivity contribution >= 4 is 32.7 Å². The second-order valence-electron chi connectivity index (χ2n) is 8.43. The van der Waals surface area contributed by atoms with E-state index in [4.69, 9.17) is 5.73 Å². The number of fused-ring (bicyclic) bond motifs is 2. The van der Waals surface area contributed by atoms with E-state index in [1.807, 2.05) is 13.0 Å². The van der Waals surface area contributed by atoms with Crippen LogP contribution in [-0.2, 0) is 16.4 Å². The van der Waals surface area contributed by atoms with Crippen LogP contribution in [-0.4, -0.2) is 46.9 Å². The maximum Gasteiger partial charge on any atom is 0.283 e. The first-order valence-corrected chi connectivity index (χ1v) is 12.2. The average molecular weight is 475 g/mol. The number of nitrogens with zero attached hydrogens (tertiary/aromatic N) is 3. The number of hydrogen-bond acceptors (Lipinski definition) is 6. The van der Waals surface area contributed by atoms with Crippen LogP contribution in [0.15, 0.2) is 77.8 Å². The first-order valence-electron chi connectivity index (χ1n) is 10.8. The number of benzene rings is 3. The summed E-state index contributed by atoms with van der Waals surface area (Å²) >= 11 is 0. The van der Waals surface area contributed by atoms with Crippen LogP contribution in [0.5, 0.6) is 0 Å². The highest BCUT2D eigenvalue weighted by molar-refractivity contribution is 7.90. The summed E-state index contributed by atoms with van der Waals surface area (Å²) in [5, 5.41) is 4.77. The van der Waals surface area contributed by atoms with Gasteiger partial charge < -0.3 is 5.73 Å². The average Bonchev–Trinajstić information content (AvgIpc) is 3.35. The molecule has 34 heavy (non-hydrogen) atoms. The van der Waals surface area contributed by atoms with Crippen molar-refractivity contribution in [2.24, 2.45) is 5.73 Å². The van der Waals surface area contributed by atoms with E-state index in [1.54, 1.807) is 60.7 Å². The molecule has 1 aromatic heterocycles. The molecular formula is C25H22N4O4S. The van der Waals surface area contributed by atoms with Gasteiger partial charge in [-0.25, -0.2) is 0 Å². The van der Waals surface area contributed by atoms with E-state index in [2.05, 4.69) is 5.10 Å². The molecule has 1 aliphatic rings. The molecular weight excluding hydrogens is 452 g/mol. The molecule has 0 saturated carbocycles. The van der Waals surface area contributed by atoms with Gasteiger partial charge in [0.1, 0.15) is 0 Å². The molecule has 0 unspecified atom stereocenters. The minimum absolute atomic E-state index is 0.0887. The van der Waals surface area contributed by atoms with Crippen molar-refractivity contribution in [1.29, 1.82) is 0 Å². The number of rotatable bonds is 6. The molecule has 0 fully saturated rings. The van der Waals surface area contributed by atoms with Crippen LogP contribution >= 0.6 is 0 Å². The van der Waals surface area contributed by atoms with Crippen LogP contribution in [0.25, 0.3) is 10.9 Å². The largest absolute Gasteiger partial charge is 0.326 e. The van der Waals surface area contributed by atoms with E-state index in [1.165, 1.54) is 11.1 Å². The van der Waals surface area contributed by atoms with Crippen LogP contribution < -0.4 is 5.73 Å². The van der Waals surface area contributed by atoms with Crippen molar-refractivity contribution < 1.29 is 18.0 Å². The molecule has 0 aliphatic carbocycles. The van der Waals surface area contributed by atoms with Crippen molar-refractivity contribution in [2.45, 2.75) is 24.3 Å². The maximum absolute atomic E-state index is 13.0. The molecule has 9 heteroatoms. The highest BCUT2D eigenvalue weighted by Gasteiger charge is 2.35. The SMILES string of the molecule is Cc1ccc(S(=O)(=O)n2ncc3cc(C[C@H](N)CN4C(=O)c5ccccc5C4=O)ccc32)cc1. The Morgan fingerprint density at radius 3 is 2.24 bits per heavy atom. The van der Waals surface area contributed by atoms with E-state index < -0.39 is 16.1 Å². The summed E-state index contributed by atoms with van der Waals surface area (Å²) < 4.78 is 27.1. The van der Waals surface area contributed by atoms with Gasteiger partial charge in [0, 0.05) is 18.0 Å². The van der Waals surface area contributed by atoms with Crippen LogP contribution in [0.1, 0.15) is 31.8 Å². The minimum Gasteiger partial charge on any atom is -0.326 e. The molecule has 2 heterocycles. The molecule has 3 aromatic carbocycles. The Bertz CT molecular complexity index is 1510. The van der Waals surface area contributed by atoms with E-state index in [0.29, 0.717) is 28.5 Å². The molecule has 2 amide bonds. The van der Waals surface area contributed by atoms with Crippen LogP contribution in [0.3, 0.4) is 0 Å². The first kappa shape index (κ1) is 22.0. The highest BCUT2D eigenvalue weighted by Crippen LogP contribution is 2.24. The number of aryl methyl sites for hydroxylation is 1. The number of amides is 2. The van der Waals surface area contributed by atoms with Gasteiger partial charge in [-0.1, -0.05) is 35.9 Å². The second-order valence-corrected chi connectivity index (χ2v) is 10.2. The number of carbonyl (C=O) groups excluding carboxylic acids is 2. The van der Waals surface area contributed by atoms with Gasteiger partial charge in [-0.2, -0.15) is 17.6 Å². The van der Waals surface area contributed by atoms with Crippen LogP contribution in [0, 0.1) is 6.92 Å². The van der Waals surface area contributed by atoms with Crippen LogP contribution in [0.2, 0.25) is 0 Å². The quantitative estimate of drug-likeness (QED) is 0.430. The summed E-state index contributed by atoms with van der Waals surface area (Å²) in [6.07, 6.45) is 1.90. The van der Waals surface area contributed by atoms with E-state index in [-0.39, 0.29) is 23.3 Å². The zero-order valence-corrected chi connectivity index (χ0v) is 19.2. The fraction of sp³-hybridized carbons (Fsp3) is 0.160. The predicted molar refractivity (Wildman–Crippen MR) is 127 cm³/mol. The van der Waals surface area contributed by atoms with Crippen molar-refractivity contribution in [1.82, 2.24) is 14.1 Å². The Labute approximate surface area is 196 Å². The summed E-state index contributed by atoms with van der Waals surface area (Å²) in [5.41, 5.74) is 9.34. The van der Waals surface area contributed by atoms with Gasteiger partial charge in [0.05, 0.1) is 27.7 Å². The lowest BCUT2D eigenvalue weighted by Crippen LogP contribution is -2.41. The number of carbonyl (C=O) groups is 2. The van der Waals surface area contributed by atoms with Crippen molar-refractivity contribution in [3.05, 3.63) is 95.2 Å². The van der Waals surface area contributed by atoms with Gasteiger partial charge in [0.25, 0.3) is 21.8 Å². The number of imide groups is 1. The van der Waals surface area contributed by atoms with Crippen molar-refractivity contribution in [3.63, 3.8) is 0 Å². The molecule has 0 radical (unpaired) electrons. The Balaban J connectivity index is 1.34. The third-order valence-electron chi connectivity index (χ3n) is 5.94. The summed E-state index contributed by atoms with van der Waals surface area (Å²) in [5.74, 6) is -0.678. The molecule has 8 nitrogen and oxygen atoms in total. The van der Waals surface area contributed by atoms with Gasteiger partial charge in [-0.05, 0) is 55.3 Å². The van der Waals surface area contributed by atoms with E-state index in [0.717, 1.165) is 15.2 Å². The summed E-state index contributed by atoms with van der Waals surface area (Å²) in [6.45, 7) is 1.98. The van der Waals surface area contributed by atoms with Gasteiger partial charge in [0.15, 0.2) is 0 Å². The Kier molecular flexibility index (Phi) is 5.30. The molecule has 1 aliphatic heterocycles. The smallest absolute Gasteiger partial charge is 0.283 e. The van der Waals surface area contributed by atoms with Gasteiger partial charge >= 0.3 is 0 Å². The molecule has 1 atom stereocenters. The van der Waals surface area contributed by atoms with E-state index >= 15 is 0 Å². The lowest BCUT2D eigenvalue weighted by atomic mass is 10.0. The summed E-state index contributed by atoms with van der Waals surface area (Å²) in [7, 11) is -3.83. The zero-order valence-electron chi connectivity index (χ0n) is 18.4. The summed E-state index contributed by atoms with van der Waals surface area (Å²) in [4.78, 5) is 26.5. The molecule has 2 N–H and O–H groups in total. The molecule has 5 rings (SSSR count). The molecule has 0 spiro atoms. The van der Waals surface area contributed by atoms with E-state index in [9.17, 15) is 18.0 Å². The fourth-order valence-corrected chi connectivity index (χ4v) is 5.47. The Morgan fingerprint density at radius 1 is 0.941 bits per heavy atom. The molecule has 4 aromatic rings.